The molecule has 0 unspecified atom stereocenters. The summed E-state index contributed by atoms with van der Waals surface area (Å²) in [5, 5.41) is 5.56. The molecule has 0 aliphatic heterocycles. The lowest BCUT2D eigenvalue weighted by Crippen LogP contribution is -2.20. The van der Waals surface area contributed by atoms with Crippen molar-refractivity contribution >= 4 is 23.1 Å². The first-order valence-corrected chi connectivity index (χ1v) is 10.4. The predicted molar refractivity (Wildman–Crippen MR) is 127 cm³/mol. The van der Waals surface area contributed by atoms with E-state index in [1.54, 1.807) is 37.6 Å². The molecular weight excluding hydrogens is 420 g/mol. The van der Waals surface area contributed by atoms with Crippen LogP contribution in [0.15, 0.2) is 71.7 Å². The van der Waals surface area contributed by atoms with Crippen LogP contribution in [-0.4, -0.2) is 22.5 Å². The fourth-order valence-electron chi connectivity index (χ4n) is 3.40. The molecule has 0 atom stereocenters. The Hall–Kier alpha value is -4.33. The highest BCUT2D eigenvalue weighted by Crippen LogP contribution is 2.25. The lowest BCUT2D eigenvalue weighted by Gasteiger charge is -2.13. The topological polar surface area (TPSA) is 94.0 Å². The molecule has 2 N–H and O–H groups in total. The van der Waals surface area contributed by atoms with Gasteiger partial charge in [-0.25, -0.2) is 9.78 Å². The molecule has 0 aliphatic rings. The Morgan fingerprint density at radius 2 is 1.79 bits per heavy atom. The van der Waals surface area contributed by atoms with Gasteiger partial charge < -0.3 is 20.1 Å². The second kappa shape index (κ2) is 9.44. The smallest absolute Gasteiger partial charge is 0.323 e. The first-order chi connectivity index (χ1) is 15.9. The molecule has 2 aromatic heterocycles. The van der Waals surface area contributed by atoms with Gasteiger partial charge in [-0.05, 0) is 49.2 Å². The number of urea groups is 1. The van der Waals surface area contributed by atoms with Crippen molar-refractivity contribution in [1.29, 1.82) is 0 Å². The molecule has 0 fully saturated rings. The number of hydrogen-bond donors (Lipinski definition) is 2. The van der Waals surface area contributed by atoms with Gasteiger partial charge in [-0.2, -0.15) is 0 Å². The number of aryl methyl sites for hydroxylation is 2. The van der Waals surface area contributed by atoms with Crippen molar-refractivity contribution in [2.75, 3.05) is 17.7 Å². The summed E-state index contributed by atoms with van der Waals surface area (Å²) in [6.45, 7) is 3.93. The molecule has 168 valence electrons. The van der Waals surface area contributed by atoms with E-state index in [0.29, 0.717) is 34.2 Å². The number of ether oxygens (including phenoxy) is 2. The summed E-state index contributed by atoms with van der Waals surface area (Å²) in [7, 11) is 1.54. The number of methoxy groups -OCH3 is 1. The van der Waals surface area contributed by atoms with E-state index < -0.39 is 6.03 Å². The standard InChI is InChI=1S/C25H24N4O4/c1-16-10-11-18(27-25(31)28-20-8-4-5-9-21(20)32-3)13-22(16)33-15-19-14-23(30)29-12-6-7-17(2)24(29)26-19/h4-14H,15H2,1-3H3,(H2,27,28,31). The second-order valence-electron chi connectivity index (χ2n) is 7.52. The van der Waals surface area contributed by atoms with Gasteiger partial charge in [0.15, 0.2) is 0 Å². The molecule has 0 radical (unpaired) electrons. The van der Waals surface area contributed by atoms with Crippen LogP contribution in [0.5, 0.6) is 11.5 Å². The van der Waals surface area contributed by atoms with E-state index in [-0.39, 0.29) is 12.2 Å². The third-order valence-corrected chi connectivity index (χ3v) is 5.12. The number of hydrogen-bond acceptors (Lipinski definition) is 5. The van der Waals surface area contributed by atoms with Crippen molar-refractivity contribution in [2.24, 2.45) is 0 Å². The monoisotopic (exact) mass is 444 g/mol. The average Bonchev–Trinajstić information content (AvgIpc) is 2.80. The molecule has 2 heterocycles. The predicted octanol–water partition coefficient (Wildman–Crippen LogP) is 4.54. The Labute approximate surface area is 190 Å². The lowest BCUT2D eigenvalue weighted by molar-refractivity contribution is 0.262. The largest absolute Gasteiger partial charge is 0.495 e. The number of para-hydroxylation sites is 2. The zero-order chi connectivity index (χ0) is 23.4. The zero-order valence-electron chi connectivity index (χ0n) is 18.6. The Balaban J connectivity index is 1.48. The van der Waals surface area contributed by atoms with Crippen LogP contribution >= 0.6 is 0 Å². The molecule has 0 spiro atoms. The van der Waals surface area contributed by atoms with Gasteiger partial charge in [-0.1, -0.05) is 24.3 Å². The third-order valence-electron chi connectivity index (χ3n) is 5.12. The van der Waals surface area contributed by atoms with Crippen molar-refractivity contribution < 1.29 is 14.3 Å². The van der Waals surface area contributed by atoms with Crippen LogP contribution in [0.25, 0.3) is 5.65 Å². The molecule has 0 saturated heterocycles. The Morgan fingerprint density at radius 1 is 0.970 bits per heavy atom. The first kappa shape index (κ1) is 21.9. The molecular formula is C25H24N4O4. The minimum Gasteiger partial charge on any atom is -0.495 e. The van der Waals surface area contributed by atoms with Crippen LogP contribution in [0, 0.1) is 13.8 Å². The molecule has 0 saturated carbocycles. The average molecular weight is 444 g/mol. The van der Waals surface area contributed by atoms with E-state index >= 15 is 0 Å². The summed E-state index contributed by atoms with van der Waals surface area (Å²) in [6.07, 6.45) is 1.69. The van der Waals surface area contributed by atoms with Crippen LogP contribution in [0.1, 0.15) is 16.8 Å². The number of nitrogens with zero attached hydrogens (tertiary/aromatic N) is 2. The number of benzene rings is 2. The molecule has 4 rings (SSSR count). The van der Waals surface area contributed by atoms with Crippen LogP contribution in [0.4, 0.5) is 16.2 Å². The SMILES string of the molecule is COc1ccccc1NC(=O)Nc1ccc(C)c(OCc2cc(=O)n3cccc(C)c3n2)c1. The number of rotatable bonds is 6. The number of nitrogens with one attached hydrogen (secondary N) is 2. The number of aromatic nitrogens is 2. The van der Waals surface area contributed by atoms with Crippen molar-refractivity contribution in [1.82, 2.24) is 9.38 Å². The summed E-state index contributed by atoms with van der Waals surface area (Å²) in [6, 6.07) is 17.3. The number of anilines is 2. The first-order valence-electron chi connectivity index (χ1n) is 10.4. The van der Waals surface area contributed by atoms with Crippen molar-refractivity contribution in [3.05, 3.63) is 94.0 Å². The third kappa shape index (κ3) is 4.95. The fraction of sp³-hybridized carbons (Fsp3) is 0.160. The molecule has 0 bridgehead atoms. The van der Waals surface area contributed by atoms with E-state index in [9.17, 15) is 9.59 Å². The Kier molecular flexibility index (Phi) is 6.26. The van der Waals surface area contributed by atoms with Crippen molar-refractivity contribution in [3.63, 3.8) is 0 Å². The molecule has 0 aliphatic carbocycles. The number of amides is 2. The summed E-state index contributed by atoms with van der Waals surface area (Å²) in [4.78, 5) is 29.4. The summed E-state index contributed by atoms with van der Waals surface area (Å²) in [5.41, 5.74) is 3.88. The minimum absolute atomic E-state index is 0.123. The zero-order valence-corrected chi connectivity index (χ0v) is 18.6. The quantitative estimate of drug-likeness (QED) is 0.455. The highest BCUT2D eigenvalue weighted by molar-refractivity contribution is 6.00. The highest BCUT2D eigenvalue weighted by Gasteiger charge is 2.10. The van der Waals surface area contributed by atoms with Crippen LogP contribution in [-0.2, 0) is 6.61 Å². The maximum Gasteiger partial charge on any atom is 0.323 e. The van der Waals surface area contributed by atoms with Gasteiger partial charge in [0, 0.05) is 24.0 Å². The molecule has 33 heavy (non-hydrogen) atoms. The molecule has 8 nitrogen and oxygen atoms in total. The molecule has 8 heteroatoms. The number of pyridine rings is 1. The Bertz CT molecular complexity index is 1380. The number of fused-ring (bicyclic) bond motifs is 1. The minimum atomic E-state index is -0.408. The van der Waals surface area contributed by atoms with Gasteiger partial charge in [-0.3, -0.25) is 9.20 Å². The van der Waals surface area contributed by atoms with E-state index in [1.165, 1.54) is 10.5 Å². The summed E-state index contributed by atoms with van der Waals surface area (Å²) in [5.74, 6) is 1.14. The fourth-order valence-corrected chi connectivity index (χ4v) is 3.40. The van der Waals surface area contributed by atoms with Crippen molar-refractivity contribution in [2.45, 2.75) is 20.5 Å². The van der Waals surface area contributed by atoms with Gasteiger partial charge in [0.1, 0.15) is 23.8 Å². The maximum atomic E-state index is 12.5. The van der Waals surface area contributed by atoms with Crippen LogP contribution < -0.4 is 25.7 Å². The molecule has 2 aromatic carbocycles. The summed E-state index contributed by atoms with van der Waals surface area (Å²) < 4.78 is 12.7. The van der Waals surface area contributed by atoms with E-state index in [2.05, 4.69) is 15.6 Å². The second-order valence-corrected chi connectivity index (χ2v) is 7.52. The molecule has 4 aromatic rings. The van der Waals surface area contributed by atoms with Gasteiger partial charge in [0.25, 0.3) is 5.56 Å². The number of carbonyl (C=O) groups excluding carboxylic acids is 1. The van der Waals surface area contributed by atoms with E-state index in [4.69, 9.17) is 9.47 Å². The van der Waals surface area contributed by atoms with Gasteiger partial charge in [-0.15, -0.1) is 0 Å². The molecule has 2 amide bonds. The van der Waals surface area contributed by atoms with Gasteiger partial charge >= 0.3 is 6.03 Å². The highest BCUT2D eigenvalue weighted by atomic mass is 16.5. The van der Waals surface area contributed by atoms with Crippen LogP contribution in [0.2, 0.25) is 0 Å². The van der Waals surface area contributed by atoms with Crippen molar-refractivity contribution in [3.8, 4) is 11.5 Å². The van der Waals surface area contributed by atoms with E-state index in [0.717, 1.165) is 11.1 Å². The lowest BCUT2D eigenvalue weighted by atomic mass is 10.2. The van der Waals surface area contributed by atoms with E-state index in [1.807, 2.05) is 44.2 Å². The van der Waals surface area contributed by atoms with Crippen LogP contribution in [0.3, 0.4) is 0 Å². The maximum absolute atomic E-state index is 12.5. The Morgan fingerprint density at radius 3 is 2.61 bits per heavy atom. The number of carbonyl (C=O) groups is 1. The van der Waals surface area contributed by atoms with Gasteiger partial charge in [0.05, 0.1) is 18.5 Å². The van der Waals surface area contributed by atoms with Gasteiger partial charge in [0.2, 0.25) is 0 Å². The summed E-state index contributed by atoms with van der Waals surface area (Å²) >= 11 is 0. The normalized spacial score (nSPS) is 10.6.